The summed E-state index contributed by atoms with van der Waals surface area (Å²) < 4.78 is 8.74. The molecule has 44 valence electrons. The minimum atomic E-state index is -0.610. The molecule has 2 heteroatoms. The normalized spacial score (nSPS) is 18.7. The van der Waals surface area contributed by atoms with E-state index in [1.54, 1.807) is 0 Å². The maximum absolute atomic E-state index is 8.74. The van der Waals surface area contributed by atoms with Crippen LogP contribution < -0.4 is 0 Å². The van der Waals surface area contributed by atoms with Gasteiger partial charge in [-0.05, 0) is 12.3 Å². The van der Waals surface area contributed by atoms with Gasteiger partial charge in [-0.2, -0.15) is 0 Å². The molecular weight excluding hydrogens is 108 g/mol. The smallest absolute Gasteiger partial charge is 0.0199 e. The van der Waals surface area contributed by atoms with Gasteiger partial charge in [-0.1, -0.05) is 24.6 Å². The molecule has 0 heterocycles. The maximum atomic E-state index is 8.74. The van der Waals surface area contributed by atoms with E-state index < -0.39 is 10.8 Å². The minimum Gasteiger partial charge on any atom is -0.338 e. The van der Waals surface area contributed by atoms with E-state index in [2.05, 4.69) is 5.87 Å². The van der Waals surface area contributed by atoms with Crippen molar-refractivity contribution in [1.82, 2.24) is 0 Å². The van der Waals surface area contributed by atoms with Crippen LogP contribution in [0.3, 0.4) is 0 Å². The summed E-state index contributed by atoms with van der Waals surface area (Å²) in [6.45, 7) is 4.04. The predicted molar refractivity (Wildman–Crippen MR) is 37.1 cm³/mol. The first-order valence-electron chi connectivity index (χ1n) is 2.40. The van der Waals surface area contributed by atoms with E-state index in [4.69, 9.17) is 4.55 Å². The highest BCUT2D eigenvalue weighted by molar-refractivity contribution is 8.09. The molecular formula is C5H12OS. The van der Waals surface area contributed by atoms with Crippen molar-refractivity contribution < 1.29 is 4.55 Å². The van der Waals surface area contributed by atoms with Gasteiger partial charge < -0.3 is 4.55 Å². The van der Waals surface area contributed by atoms with Crippen molar-refractivity contribution in [1.29, 1.82) is 0 Å². The van der Waals surface area contributed by atoms with Gasteiger partial charge in [0, 0.05) is 5.25 Å². The quantitative estimate of drug-likeness (QED) is 0.552. The Hall–Kier alpha value is 0.180. The molecule has 0 spiro atoms. The van der Waals surface area contributed by atoms with Crippen molar-refractivity contribution in [3.05, 3.63) is 0 Å². The second kappa shape index (κ2) is 3.22. The molecule has 2 atom stereocenters. The highest BCUT2D eigenvalue weighted by Crippen LogP contribution is 2.13. The average molecular weight is 120 g/mol. The van der Waals surface area contributed by atoms with Gasteiger partial charge >= 0.3 is 0 Å². The second-order valence-electron chi connectivity index (χ2n) is 1.62. The van der Waals surface area contributed by atoms with Crippen LogP contribution >= 0.6 is 10.8 Å². The number of hydrogen-bond donors (Lipinski definition) is 1. The summed E-state index contributed by atoms with van der Waals surface area (Å²) in [5, 5.41) is 0.375. The SMILES string of the molecule is C=S(O)C(C)CC. The summed E-state index contributed by atoms with van der Waals surface area (Å²) in [4.78, 5) is 0. The van der Waals surface area contributed by atoms with Crippen LogP contribution in [0, 0.1) is 0 Å². The van der Waals surface area contributed by atoms with E-state index in [-0.39, 0.29) is 0 Å². The predicted octanol–water partition coefficient (Wildman–Crippen LogP) is 1.96. The largest absolute Gasteiger partial charge is 0.338 e. The summed E-state index contributed by atoms with van der Waals surface area (Å²) in [5.41, 5.74) is 0. The molecule has 0 saturated carbocycles. The third kappa shape index (κ3) is 2.83. The van der Waals surface area contributed by atoms with Crippen molar-refractivity contribution >= 4 is 16.6 Å². The summed E-state index contributed by atoms with van der Waals surface area (Å²) in [6, 6.07) is 0. The average Bonchev–Trinajstić information content (AvgIpc) is 1.65. The molecule has 0 aromatic heterocycles. The standard InChI is InChI=1S/C5H12OS/c1-4-5(2)7(3)6/h5-6H,3-4H2,1-2H3. The van der Waals surface area contributed by atoms with Gasteiger partial charge in [0.05, 0.1) is 0 Å². The molecule has 0 bridgehead atoms. The van der Waals surface area contributed by atoms with Crippen molar-refractivity contribution in [3.8, 4) is 0 Å². The lowest BCUT2D eigenvalue weighted by molar-refractivity contribution is 0.644. The Balaban J connectivity index is 3.34. The van der Waals surface area contributed by atoms with Gasteiger partial charge in [-0.25, -0.2) is 0 Å². The van der Waals surface area contributed by atoms with Crippen LogP contribution in [-0.4, -0.2) is 15.7 Å². The van der Waals surface area contributed by atoms with Crippen LogP contribution in [0.25, 0.3) is 0 Å². The molecule has 0 aliphatic carbocycles. The van der Waals surface area contributed by atoms with Crippen LogP contribution in [0.2, 0.25) is 0 Å². The molecule has 7 heavy (non-hydrogen) atoms. The molecule has 0 aliphatic heterocycles. The monoisotopic (exact) mass is 120 g/mol. The van der Waals surface area contributed by atoms with E-state index in [9.17, 15) is 0 Å². The molecule has 1 N–H and O–H groups in total. The Morgan fingerprint density at radius 2 is 2.29 bits per heavy atom. The zero-order valence-electron chi connectivity index (χ0n) is 4.85. The number of rotatable bonds is 2. The lowest BCUT2D eigenvalue weighted by atomic mass is 10.4. The molecule has 0 aliphatic rings. The van der Waals surface area contributed by atoms with E-state index in [1.807, 2.05) is 13.8 Å². The summed E-state index contributed by atoms with van der Waals surface area (Å²) in [5.74, 6) is 3.49. The molecule has 0 rings (SSSR count). The van der Waals surface area contributed by atoms with Crippen LogP contribution in [-0.2, 0) is 0 Å². The summed E-state index contributed by atoms with van der Waals surface area (Å²) in [6.07, 6.45) is 1.02. The first kappa shape index (κ1) is 7.18. The zero-order valence-corrected chi connectivity index (χ0v) is 5.66. The Morgan fingerprint density at radius 3 is 2.29 bits per heavy atom. The highest BCUT2D eigenvalue weighted by atomic mass is 32.2. The van der Waals surface area contributed by atoms with E-state index >= 15 is 0 Å². The molecule has 0 radical (unpaired) electrons. The van der Waals surface area contributed by atoms with Crippen LogP contribution in [0.15, 0.2) is 0 Å². The van der Waals surface area contributed by atoms with Crippen LogP contribution in [0.1, 0.15) is 20.3 Å². The Bertz CT molecular complexity index is 70.5. The number of hydrogen-bond acceptors (Lipinski definition) is 1. The maximum Gasteiger partial charge on any atom is 0.0199 e. The molecule has 0 aromatic carbocycles. The first-order chi connectivity index (χ1) is 3.18. The Morgan fingerprint density at radius 1 is 1.86 bits per heavy atom. The van der Waals surface area contributed by atoms with E-state index in [1.165, 1.54) is 0 Å². The topological polar surface area (TPSA) is 20.2 Å². The van der Waals surface area contributed by atoms with Crippen molar-refractivity contribution in [2.24, 2.45) is 0 Å². The van der Waals surface area contributed by atoms with Crippen molar-refractivity contribution in [2.75, 3.05) is 0 Å². The summed E-state index contributed by atoms with van der Waals surface area (Å²) in [7, 11) is -0.610. The van der Waals surface area contributed by atoms with Gasteiger partial charge in [0.15, 0.2) is 0 Å². The molecule has 1 nitrogen and oxygen atoms in total. The van der Waals surface area contributed by atoms with E-state index in [0.717, 1.165) is 6.42 Å². The molecule has 2 unspecified atom stereocenters. The van der Waals surface area contributed by atoms with Gasteiger partial charge in [0.25, 0.3) is 0 Å². The Kier molecular flexibility index (Phi) is 3.30. The van der Waals surface area contributed by atoms with E-state index in [0.29, 0.717) is 5.25 Å². The molecule has 0 saturated heterocycles. The molecule has 0 aromatic rings. The van der Waals surface area contributed by atoms with Gasteiger partial charge in [0.2, 0.25) is 0 Å². The lowest BCUT2D eigenvalue weighted by Gasteiger charge is -2.04. The van der Waals surface area contributed by atoms with Crippen LogP contribution in [0.4, 0.5) is 0 Å². The third-order valence-electron chi connectivity index (χ3n) is 1.04. The van der Waals surface area contributed by atoms with Crippen molar-refractivity contribution in [3.63, 3.8) is 0 Å². The molecule has 0 amide bonds. The van der Waals surface area contributed by atoms with Gasteiger partial charge in [0.1, 0.15) is 0 Å². The van der Waals surface area contributed by atoms with Gasteiger partial charge in [-0.15, -0.1) is 0 Å². The zero-order chi connectivity index (χ0) is 5.86. The Labute approximate surface area is 47.5 Å². The third-order valence-corrected chi connectivity index (χ3v) is 2.30. The second-order valence-corrected chi connectivity index (χ2v) is 3.23. The highest BCUT2D eigenvalue weighted by Gasteiger charge is 1.95. The first-order valence-corrected chi connectivity index (χ1v) is 3.81. The van der Waals surface area contributed by atoms with Gasteiger partial charge in [-0.3, -0.25) is 0 Å². The lowest BCUT2D eigenvalue weighted by Crippen LogP contribution is -1.92. The fourth-order valence-corrected chi connectivity index (χ4v) is 0.577. The molecule has 0 fully saturated rings. The summed E-state index contributed by atoms with van der Waals surface area (Å²) >= 11 is 0. The minimum absolute atomic E-state index is 0.375. The fraction of sp³-hybridized carbons (Fsp3) is 0.800. The fourth-order valence-electron chi connectivity index (χ4n) is 0.192. The van der Waals surface area contributed by atoms with Crippen LogP contribution in [0.5, 0.6) is 0 Å². The van der Waals surface area contributed by atoms with Crippen molar-refractivity contribution in [2.45, 2.75) is 25.5 Å².